The molecule has 5 nitrogen and oxygen atoms in total. The lowest BCUT2D eigenvalue weighted by Gasteiger charge is -2.31. The van der Waals surface area contributed by atoms with E-state index in [2.05, 4.69) is 21.8 Å². The monoisotopic (exact) mass is 283 g/mol. The Balaban J connectivity index is 1.86. The summed E-state index contributed by atoms with van der Waals surface area (Å²) in [5.74, 6) is 0.712. The van der Waals surface area contributed by atoms with Crippen molar-refractivity contribution in [1.82, 2.24) is 14.9 Å². The topological polar surface area (TPSA) is 47.5 Å². The Kier molecular flexibility index (Phi) is 3.98. The normalized spacial score (nSPS) is 24.2. The highest BCUT2D eigenvalue weighted by Gasteiger charge is 2.26. The molecule has 3 heterocycles. The third kappa shape index (κ3) is 2.74. The molecular formula is C13H18ClN3O2. The molecule has 3 rings (SSSR count). The lowest BCUT2D eigenvalue weighted by molar-refractivity contribution is -0.0328. The van der Waals surface area contributed by atoms with Crippen molar-refractivity contribution < 1.29 is 9.47 Å². The zero-order chi connectivity index (χ0) is 13.2. The molecule has 1 atom stereocenters. The number of likely N-dealkylation sites (N-methyl/N-ethyl adjacent to an activating group) is 1. The van der Waals surface area contributed by atoms with E-state index in [0.717, 1.165) is 43.9 Å². The van der Waals surface area contributed by atoms with Gasteiger partial charge in [-0.1, -0.05) is 18.5 Å². The summed E-state index contributed by atoms with van der Waals surface area (Å²) in [4.78, 5) is 11.4. The molecule has 19 heavy (non-hydrogen) atoms. The van der Waals surface area contributed by atoms with Crippen LogP contribution in [0.2, 0.25) is 5.15 Å². The Morgan fingerprint density at radius 2 is 2.26 bits per heavy atom. The highest BCUT2D eigenvalue weighted by molar-refractivity contribution is 6.30. The number of nitrogens with zero attached hydrogens (tertiary/aromatic N) is 3. The van der Waals surface area contributed by atoms with E-state index in [1.165, 1.54) is 0 Å². The Labute approximate surface area is 117 Å². The lowest BCUT2D eigenvalue weighted by Crippen LogP contribution is -2.38. The summed E-state index contributed by atoms with van der Waals surface area (Å²) in [5.41, 5.74) is 1.94. The second-order valence-corrected chi connectivity index (χ2v) is 5.21. The summed E-state index contributed by atoms with van der Waals surface area (Å²) < 4.78 is 11.2. The first-order chi connectivity index (χ1) is 9.28. The van der Waals surface area contributed by atoms with Gasteiger partial charge in [-0.25, -0.2) is 9.97 Å². The first-order valence-corrected chi connectivity index (χ1v) is 7.12. The van der Waals surface area contributed by atoms with Gasteiger partial charge in [0.2, 0.25) is 0 Å². The third-order valence-electron chi connectivity index (χ3n) is 3.67. The smallest absolute Gasteiger partial charge is 0.160 e. The highest BCUT2D eigenvalue weighted by atomic mass is 35.5. The summed E-state index contributed by atoms with van der Waals surface area (Å²) in [5, 5.41) is 0.511. The summed E-state index contributed by atoms with van der Waals surface area (Å²) in [6.07, 6.45) is 0.730. The van der Waals surface area contributed by atoms with E-state index in [4.69, 9.17) is 21.1 Å². The van der Waals surface area contributed by atoms with Gasteiger partial charge < -0.3 is 9.47 Å². The minimum atomic E-state index is -0.0701. The quantitative estimate of drug-likeness (QED) is 0.772. The van der Waals surface area contributed by atoms with Crippen molar-refractivity contribution in [3.8, 4) is 0 Å². The average Bonchev–Trinajstić information content (AvgIpc) is 2.47. The van der Waals surface area contributed by atoms with Gasteiger partial charge in [-0.05, 0) is 6.54 Å². The lowest BCUT2D eigenvalue weighted by atomic mass is 10.1. The molecule has 6 heteroatoms. The number of hydrogen-bond acceptors (Lipinski definition) is 5. The van der Waals surface area contributed by atoms with Crippen molar-refractivity contribution in [1.29, 1.82) is 0 Å². The summed E-state index contributed by atoms with van der Waals surface area (Å²) in [7, 11) is 0. The van der Waals surface area contributed by atoms with Gasteiger partial charge in [0.15, 0.2) is 5.82 Å². The Bertz CT molecular complexity index is 469. The Morgan fingerprint density at radius 3 is 3.11 bits per heavy atom. The Morgan fingerprint density at radius 1 is 1.37 bits per heavy atom. The van der Waals surface area contributed by atoms with Crippen LogP contribution in [0.25, 0.3) is 0 Å². The van der Waals surface area contributed by atoms with E-state index in [9.17, 15) is 0 Å². The molecule has 0 aromatic carbocycles. The zero-order valence-electron chi connectivity index (χ0n) is 11.1. The SMILES string of the molecule is CCN1CCOC(c2nc(Cl)c3c(n2)CCOC3)C1. The van der Waals surface area contributed by atoms with E-state index < -0.39 is 0 Å². The fourth-order valence-corrected chi connectivity index (χ4v) is 2.75. The van der Waals surface area contributed by atoms with E-state index in [-0.39, 0.29) is 6.10 Å². The molecule has 1 unspecified atom stereocenters. The van der Waals surface area contributed by atoms with Gasteiger partial charge in [0, 0.05) is 25.1 Å². The van der Waals surface area contributed by atoms with Crippen molar-refractivity contribution in [2.75, 3.05) is 32.8 Å². The van der Waals surface area contributed by atoms with Crippen LogP contribution < -0.4 is 0 Å². The fraction of sp³-hybridized carbons (Fsp3) is 0.692. The van der Waals surface area contributed by atoms with Crippen LogP contribution in [0.5, 0.6) is 0 Å². The molecule has 0 N–H and O–H groups in total. The second kappa shape index (κ2) is 5.71. The molecule has 1 fully saturated rings. The van der Waals surface area contributed by atoms with Crippen molar-refractivity contribution in [2.24, 2.45) is 0 Å². The van der Waals surface area contributed by atoms with Gasteiger partial charge >= 0.3 is 0 Å². The summed E-state index contributed by atoms with van der Waals surface area (Å²) in [6.45, 7) is 6.92. The molecule has 0 aliphatic carbocycles. The molecule has 1 aromatic rings. The first kappa shape index (κ1) is 13.2. The minimum Gasteiger partial charge on any atom is -0.376 e. The van der Waals surface area contributed by atoms with E-state index >= 15 is 0 Å². The van der Waals surface area contributed by atoms with Crippen molar-refractivity contribution in [3.63, 3.8) is 0 Å². The van der Waals surface area contributed by atoms with Crippen LogP contribution in [0, 0.1) is 0 Å². The van der Waals surface area contributed by atoms with Crippen molar-refractivity contribution >= 4 is 11.6 Å². The molecular weight excluding hydrogens is 266 g/mol. The van der Waals surface area contributed by atoms with Crippen LogP contribution in [0.15, 0.2) is 0 Å². The van der Waals surface area contributed by atoms with Crippen molar-refractivity contribution in [2.45, 2.75) is 26.1 Å². The predicted octanol–water partition coefficient (Wildman–Crippen LogP) is 1.60. The molecule has 2 aliphatic heterocycles. The van der Waals surface area contributed by atoms with E-state index in [1.54, 1.807) is 0 Å². The molecule has 1 saturated heterocycles. The largest absolute Gasteiger partial charge is 0.376 e. The maximum atomic E-state index is 6.24. The standard InChI is InChI=1S/C13H18ClN3O2/c1-2-17-4-6-19-11(7-17)13-15-10-3-5-18-8-9(10)12(14)16-13/h11H,2-8H2,1H3. The highest BCUT2D eigenvalue weighted by Crippen LogP contribution is 2.26. The summed E-state index contributed by atoms with van der Waals surface area (Å²) >= 11 is 6.24. The van der Waals surface area contributed by atoms with Crippen LogP contribution in [-0.2, 0) is 22.5 Å². The number of aromatic nitrogens is 2. The maximum absolute atomic E-state index is 6.24. The van der Waals surface area contributed by atoms with Crippen LogP contribution in [0.3, 0.4) is 0 Å². The van der Waals surface area contributed by atoms with Crippen LogP contribution in [-0.4, -0.2) is 47.7 Å². The average molecular weight is 284 g/mol. The van der Waals surface area contributed by atoms with Gasteiger partial charge in [0.25, 0.3) is 0 Å². The second-order valence-electron chi connectivity index (χ2n) is 4.85. The summed E-state index contributed by atoms with van der Waals surface area (Å²) in [6, 6.07) is 0. The molecule has 0 spiro atoms. The first-order valence-electron chi connectivity index (χ1n) is 6.74. The van der Waals surface area contributed by atoms with Crippen LogP contribution >= 0.6 is 11.6 Å². The Hall–Kier alpha value is -0.750. The van der Waals surface area contributed by atoms with Gasteiger partial charge in [-0.2, -0.15) is 0 Å². The van der Waals surface area contributed by atoms with E-state index in [1.807, 2.05) is 0 Å². The molecule has 104 valence electrons. The van der Waals surface area contributed by atoms with Crippen molar-refractivity contribution in [3.05, 3.63) is 22.2 Å². The van der Waals surface area contributed by atoms with Crippen LogP contribution in [0.4, 0.5) is 0 Å². The van der Waals surface area contributed by atoms with Gasteiger partial charge in [0.1, 0.15) is 11.3 Å². The number of fused-ring (bicyclic) bond motifs is 1. The predicted molar refractivity (Wildman–Crippen MR) is 71.2 cm³/mol. The molecule has 0 bridgehead atoms. The number of morpholine rings is 1. The van der Waals surface area contributed by atoms with Gasteiger partial charge in [-0.3, -0.25) is 4.90 Å². The fourth-order valence-electron chi connectivity index (χ4n) is 2.50. The maximum Gasteiger partial charge on any atom is 0.160 e. The zero-order valence-corrected chi connectivity index (χ0v) is 11.8. The van der Waals surface area contributed by atoms with E-state index in [0.29, 0.717) is 24.2 Å². The van der Waals surface area contributed by atoms with Gasteiger partial charge in [-0.15, -0.1) is 0 Å². The number of halogens is 1. The van der Waals surface area contributed by atoms with Gasteiger partial charge in [0.05, 0.1) is 25.5 Å². The molecule has 0 radical (unpaired) electrons. The minimum absolute atomic E-state index is 0.0701. The number of hydrogen-bond donors (Lipinski definition) is 0. The van der Waals surface area contributed by atoms with Crippen LogP contribution in [0.1, 0.15) is 30.1 Å². The number of ether oxygens (including phenoxy) is 2. The molecule has 1 aromatic heterocycles. The third-order valence-corrected chi connectivity index (χ3v) is 3.99. The molecule has 2 aliphatic rings. The molecule has 0 amide bonds. The number of rotatable bonds is 2. The molecule has 0 saturated carbocycles.